The van der Waals surface area contributed by atoms with E-state index in [0.29, 0.717) is 11.4 Å². The first-order valence-corrected chi connectivity index (χ1v) is 13.5. The summed E-state index contributed by atoms with van der Waals surface area (Å²) in [5, 5.41) is 2.99. The zero-order chi connectivity index (χ0) is 27.5. The molecular weight excluding hydrogens is 488 g/mol. The normalized spacial score (nSPS) is 12.1. The summed E-state index contributed by atoms with van der Waals surface area (Å²) in [7, 11) is -1.20. The van der Waals surface area contributed by atoms with Crippen LogP contribution in [0.1, 0.15) is 46.3 Å². The minimum Gasteiger partial charge on any atom is -0.493 e. The van der Waals surface area contributed by atoms with E-state index in [4.69, 9.17) is 9.47 Å². The zero-order valence-electron chi connectivity index (χ0n) is 22.8. The molecule has 8 heteroatoms. The highest BCUT2D eigenvalue weighted by molar-refractivity contribution is 7.92. The molecule has 0 aliphatic heterocycles. The van der Waals surface area contributed by atoms with Gasteiger partial charge in [-0.3, -0.25) is 9.10 Å². The molecule has 0 saturated heterocycles. The molecule has 37 heavy (non-hydrogen) atoms. The highest BCUT2D eigenvalue weighted by Crippen LogP contribution is 2.33. The summed E-state index contributed by atoms with van der Waals surface area (Å²) in [4.78, 5) is 13.3. The molecule has 1 amide bonds. The van der Waals surface area contributed by atoms with E-state index < -0.39 is 15.9 Å². The average molecular weight is 525 g/mol. The number of nitrogens with zero attached hydrogens (tertiary/aromatic N) is 1. The molecule has 198 valence electrons. The number of carbonyl (C=O) groups is 1. The van der Waals surface area contributed by atoms with Crippen molar-refractivity contribution in [2.75, 3.05) is 25.1 Å². The van der Waals surface area contributed by atoms with Crippen molar-refractivity contribution in [2.24, 2.45) is 0 Å². The van der Waals surface area contributed by atoms with Gasteiger partial charge in [-0.25, -0.2) is 8.42 Å². The molecule has 0 aliphatic carbocycles. The lowest BCUT2D eigenvalue weighted by molar-refractivity contribution is -0.120. The van der Waals surface area contributed by atoms with E-state index in [1.165, 1.54) is 38.0 Å². The van der Waals surface area contributed by atoms with E-state index >= 15 is 0 Å². The molecule has 0 spiro atoms. The number of hydrogen-bond acceptors (Lipinski definition) is 5. The van der Waals surface area contributed by atoms with Crippen molar-refractivity contribution >= 4 is 21.6 Å². The molecule has 1 N–H and O–H groups in total. The van der Waals surface area contributed by atoms with Crippen LogP contribution in [0.3, 0.4) is 0 Å². The second-order valence-corrected chi connectivity index (χ2v) is 11.3. The smallest absolute Gasteiger partial charge is 0.264 e. The van der Waals surface area contributed by atoms with Crippen LogP contribution >= 0.6 is 0 Å². The SMILES string of the molecule is COc1ccc(S(=O)(=O)N(CC(=O)NC(C)c2cc(C)c(C)cc2C)c2cc(C)cc(C)c2)cc1OC. The molecule has 1 unspecified atom stereocenters. The molecule has 0 saturated carbocycles. The third kappa shape index (κ3) is 6.25. The molecule has 3 aromatic rings. The van der Waals surface area contributed by atoms with Crippen molar-refractivity contribution < 1.29 is 22.7 Å². The highest BCUT2D eigenvalue weighted by Gasteiger charge is 2.29. The summed E-state index contributed by atoms with van der Waals surface area (Å²) in [5.41, 5.74) is 6.58. The Morgan fingerprint density at radius 3 is 2.03 bits per heavy atom. The third-order valence-electron chi connectivity index (χ3n) is 6.45. The van der Waals surface area contributed by atoms with E-state index in [1.54, 1.807) is 12.1 Å². The largest absolute Gasteiger partial charge is 0.493 e. The van der Waals surface area contributed by atoms with Gasteiger partial charge in [-0.05, 0) is 99.2 Å². The van der Waals surface area contributed by atoms with Crippen molar-refractivity contribution in [1.82, 2.24) is 5.32 Å². The van der Waals surface area contributed by atoms with Gasteiger partial charge in [0, 0.05) is 6.07 Å². The van der Waals surface area contributed by atoms with Crippen LogP contribution in [0, 0.1) is 34.6 Å². The van der Waals surface area contributed by atoms with Gasteiger partial charge in [0.2, 0.25) is 5.91 Å². The van der Waals surface area contributed by atoms with Crippen LogP contribution in [0.4, 0.5) is 5.69 Å². The Balaban J connectivity index is 2.00. The quantitative estimate of drug-likeness (QED) is 0.410. The van der Waals surface area contributed by atoms with E-state index in [2.05, 4.69) is 24.4 Å². The first kappa shape index (κ1) is 28.1. The molecule has 0 aromatic heterocycles. The third-order valence-corrected chi connectivity index (χ3v) is 8.22. The van der Waals surface area contributed by atoms with Gasteiger partial charge >= 0.3 is 0 Å². The molecule has 0 bridgehead atoms. The monoisotopic (exact) mass is 524 g/mol. The zero-order valence-corrected chi connectivity index (χ0v) is 23.6. The molecule has 0 radical (unpaired) electrons. The average Bonchev–Trinajstić information content (AvgIpc) is 2.83. The van der Waals surface area contributed by atoms with Crippen molar-refractivity contribution in [3.8, 4) is 11.5 Å². The Bertz CT molecular complexity index is 1400. The van der Waals surface area contributed by atoms with E-state index in [1.807, 2.05) is 40.7 Å². The molecule has 1 atom stereocenters. The Labute approximate surface area is 220 Å². The minimum absolute atomic E-state index is 0.00448. The lowest BCUT2D eigenvalue weighted by atomic mass is 9.96. The van der Waals surface area contributed by atoms with Crippen LogP contribution in [-0.4, -0.2) is 35.1 Å². The van der Waals surface area contributed by atoms with Gasteiger partial charge in [0.25, 0.3) is 10.0 Å². The Hall–Kier alpha value is -3.52. The highest BCUT2D eigenvalue weighted by atomic mass is 32.2. The fourth-order valence-electron chi connectivity index (χ4n) is 4.46. The van der Waals surface area contributed by atoms with Crippen molar-refractivity contribution in [3.63, 3.8) is 0 Å². The maximum atomic E-state index is 13.9. The van der Waals surface area contributed by atoms with E-state index in [0.717, 1.165) is 32.1 Å². The lowest BCUT2D eigenvalue weighted by Crippen LogP contribution is -2.41. The van der Waals surface area contributed by atoms with Crippen LogP contribution in [-0.2, 0) is 14.8 Å². The Kier molecular flexibility index (Phi) is 8.53. The number of rotatable bonds is 9. The first-order valence-electron chi connectivity index (χ1n) is 12.1. The number of ether oxygens (including phenoxy) is 2. The van der Waals surface area contributed by atoms with Gasteiger partial charge in [0.05, 0.1) is 30.8 Å². The van der Waals surface area contributed by atoms with Crippen molar-refractivity contribution in [2.45, 2.75) is 52.5 Å². The van der Waals surface area contributed by atoms with Gasteiger partial charge in [-0.2, -0.15) is 0 Å². The summed E-state index contributed by atoms with van der Waals surface area (Å²) >= 11 is 0. The minimum atomic E-state index is -4.12. The van der Waals surface area contributed by atoms with Gasteiger partial charge in [0.1, 0.15) is 6.54 Å². The number of amides is 1. The number of benzene rings is 3. The number of methoxy groups -OCH3 is 2. The fourth-order valence-corrected chi connectivity index (χ4v) is 5.88. The standard InChI is InChI=1S/C29H36N2O5S/c1-18-11-19(2)13-24(12-18)31(37(33,34)25-9-10-27(35-7)28(16-25)36-8)17-29(32)30-23(6)26-15-21(4)20(3)14-22(26)5/h9-16,23H,17H2,1-8H3,(H,30,32). The second kappa shape index (κ2) is 11.3. The maximum absolute atomic E-state index is 13.9. The number of sulfonamides is 1. The van der Waals surface area contributed by atoms with Crippen LogP contribution in [0.2, 0.25) is 0 Å². The maximum Gasteiger partial charge on any atom is 0.264 e. The van der Waals surface area contributed by atoms with Crippen molar-refractivity contribution in [3.05, 3.63) is 81.9 Å². The predicted molar refractivity (Wildman–Crippen MR) is 147 cm³/mol. The van der Waals surface area contributed by atoms with E-state index in [9.17, 15) is 13.2 Å². The fraction of sp³-hybridized carbons (Fsp3) is 0.345. The lowest BCUT2D eigenvalue weighted by Gasteiger charge is -2.26. The number of carbonyl (C=O) groups excluding carboxylic acids is 1. The number of hydrogen-bond donors (Lipinski definition) is 1. The summed E-state index contributed by atoms with van der Waals surface area (Å²) in [5.74, 6) is 0.287. The predicted octanol–water partition coefficient (Wildman–Crippen LogP) is 5.32. The van der Waals surface area contributed by atoms with Crippen molar-refractivity contribution in [1.29, 1.82) is 0 Å². The summed E-state index contributed by atoms with van der Waals surface area (Å²) < 4.78 is 39.5. The molecule has 0 aliphatic rings. The number of aryl methyl sites for hydroxylation is 5. The molecule has 3 aromatic carbocycles. The number of anilines is 1. The first-order chi connectivity index (χ1) is 17.4. The van der Waals surface area contributed by atoms with E-state index in [-0.39, 0.29) is 23.2 Å². The van der Waals surface area contributed by atoms with Crippen LogP contribution in [0.15, 0.2) is 53.4 Å². The van der Waals surface area contributed by atoms with Crippen LogP contribution in [0.25, 0.3) is 0 Å². The van der Waals surface area contributed by atoms with Gasteiger partial charge in [-0.1, -0.05) is 18.2 Å². The molecule has 0 fully saturated rings. The number of nitrogens with one attached hydrogen (secondary N) is 1. The van der Waals surface area contributed by atoms with Crippen LogP contribution < -0.4 is 19.1 Å². The Morgan fingerprint density at radius 1 is 0.838 bits per heavy atom. The molecule has 3 rings (SSSR count). The summed E-state index contributed by atoms with van der Waals surface area (Å²) in [6, 6.07) is 13.7. The molecule has 7 nitrogen and oxygen atoms in total. The topological polar surface area (TPSA) is 84.9 Å². The Morgan fingerprint density at radius 2 is 1.43 bits per heavy atom. The van der Waals surface area contributed by atoms with Gasteiger partial charge in [-0.15, -0.1) is 0 Å². The summed E-state index contributed by atoms with van der Waals surface area (Å²) in [6.07, 6.45) is 0. The van der Waals surface area contributed by atoms with Crippen LogP contribution in [0.5, 0.6) is 11.5 Å². The van der Waals surface area contributed by atoms with Gasteiger partial charge < -0.3 is 14.8 Å². The molecular formula is C29H36N2O5S. The van der Waals surface area contributed by atoms with Gasteiger partial charge in [0.15, 0.2) is 11.5 Å². The second-order valence-electron chi connectivity index (χ2n) is 9.46. The summed E-state index contributed by atoms with van der Waals surface area (Å²) in [6.45, 7) is 11.4. The molecule has 0 heterocycles.